The van der Waals surface area contributed by atoms with Crippen LogP contribution in [0.5, 0.6) is 0 Å². The second kappa shape index (κ2) is 12.0. The zero-order chi connectivity index (χ0) is 22.7. The summed E-state index contributed by atoms with van der Waals surface area (Å²) in [6.45, 7) is 3.06. The first kappa shape index (κ1) is 24.2. The van der Waals surface area contributed by atoms with Crippen molar-refractivity contribution in [2.24, 2.45) is 0 Å². The fraction of sp³-hybridized carbons (Fsp3) is 0.240. The van der Waals surface area contributed by atoms with Gasteiger partial charge in [-0.1, -0.05) is 67.9 Å². The molecule has 162 valence electrons. The Balaban J connectivity index is 0.000000785. The molecule has 3 rings (SSSR count). The SMILES string of the molecule is CC(=O)[O-].CCCCC([N+](=O)[O-])[P+](c1ccccc1)(c1ccccc1)c1ccccc1. The highest BCUT2D eigenvalue weighted by molar-refractivity contribution is 7.96. The number of carboxylic acid groups (broad SMARTS) is 1. The number of rotatable bonds is 8. The summed E-state index contributed by atoms with van der Waals surface area (Å²) in [5.41, 5.74) is 0. The zero-order valence-electron chi connectivity index (χ0n) is 17.9. The summed E-state index contributed by atoms with van der Waals surface area (Å²) in [6, 6.07) is 30.3. The molecule has 0 heterocycles. The van der Waals surface area contributed by atoms with E-state index in [1.54, 1.807) is 0 Å². The van der Waals surface area contributed by atoms with E-state index in [0.29, 0.717) is 6.42 Å². The summed E-state index contributed by atoms with van der Waals surface area (Å²) in [6.07, 6.45) is 2.37. The molecule has 0 saturated heterocycles. The molecule has 1 unspecified atom stereocenters. The molecule has 0 N–H and O–H groups in total. The van der Waals surface area contributed by atoms with Gasteiger partial charge >= 0.3 is 5.78 Å². The lowest BCUT2D eigenvalue weighted by Gasteiger charge is -2.29. The summed E-state index contributed by atoms with van der Waals surface area (Å²) in [7, 11) is -2.45. The number of carbonyl (C=O) groups excluding carboxylic acids is 1. The Morgan fingerprint density at radius 3 is 1.42 bits per heavy atom. The molecule has 6 heteroatoms. The zero-order valence-corrected chi connectivity index (χ0v) is 18.8. The van der Waals surface area contributed by atoms with Gasteiger partial charge in [0.05, 0.1) is 11.3 Å². The van der Waals surface area contributed by atoms with E-state index in [-0.39, 0.29) is 4.92 Å². The first-order valence-corrected chi connectivity index (χ1v) is 12.2. The first-order chi connectivity index (χ1) is 14.9. The topological polar surface area (TPSA) is 83.3 Å². The Morgan fingerprint density at radius 2 is 1.16 bits per heavy atom. The summed E-state index contributed by atoms with van der Waals surface area (Å²) in [5, 5.41) is 24.5. The molecule has 0 aliphatic carbocycles. The molecular weight excluding hydrogens is 409 g/mol. The molecule has 0 aliphatic heterocycles. The average molecular weight is 437 g/mol. The summed E-state index contributed by atoms with van der Waals surface area (Å²) < 4.78 is 0. The molecule has 3 aromatic carbocycles. The van der Waals surface area contributed by atoms with Gasteiger partial charge in [-0.05, 0) is 49.7 Å². The van der Waals surface area contributed by atoms with Crippen LogP contribution in [0.4, 0.5) is 0 Å². The smallest absolute Gasteiger partial charge is 0.321 e. The minimum atomic E-state index is -2.45. The van der Waals surface area contributed by atoms with E-state index >= 15 is 0 Å². The van der Waals surface area contributed by atoms with Gasteiger partial charge in [0.25, 0.3) is 0 Å². The van der Waals surface area contributed by atoms with Crippen LogP contribution < -0.4 is 21.0 Å². The van der Waals surface area contributed by atoms with E-state index in [2.05, 4.69) is 43.3 Å². The van der Waals surface area contributed by atoms with Crippen LogP contribution in [0.3, 0.4) is 0 Å². The van der Waals surface area contributed by atoms with Gasteiger partial charge in [-0.25, -0.2) is 0 Å². The van der Waals surface area contributed by atoms with Gasteiger partial charge in [-0.3, -0.25) is 10.1 Å². The Morgan fingerprint density at radius 1 is 0.839 bits per heavy atom. The quantitative estimate of drug-likeness (QED) is 0.307. The lowest BCUT2D eigenvalue weighted by molar-refractivity contribution is -0.498. The van der Waals surface area contributed by atoms with Crippen LogP contribution in [0.15, 0.2) is 91.0 Å². The predicted molar refractivity (Wildman–Crippen MR) is 126 cm³/mol. The number of nitro groups is 1. The van der Waals surface area contributed by atoms with Crippen LogP contribution in [-0.2, 0) is 4.79 Å². The van der Waals surface area contributed by atoms with E-state index < -0.39 is 19.0 Å². The molecule has 0 radical (unpaired) electrons. The third-order valence-corrected chi connectivity index (χ3v) is 9.68. The standard InChI is InChI=1S/C23H25NO2P.C2H4O2/c1-2-3-19-23(24(25)26)27(20-13-7-4-8-14-20,21-15-9-5-10-16-21)22-17-11-6-12-18-22;1-2(3)4/h4-18,23H,2-3,19H2,1H3;1H3,(H,3,4)/q+1;/p-1. The number of aliphatic carboxylic acids is 1. The molecule has 0 saturated carbocycles. The summed E-state index contributed by atoms with van der Waals surface area (Å²) in [5.74, 6) is -1.72. The lowest BCUT2D eigenvalue weighted by Crippen LogP contribution is -2.42. The van der Waals surface area contributed by atoms with Crippen LogP contribution in [-0.4, -0.2) is 16.7 Å². The van der Waals surface area contributed by atoms with Gasteiger partial charge in [0.2, 0.25) is 0 Å². The van der Waals surface area contributed by atoms with Crippen molar-refractivity contribution >= 4 is 29.1 Å². The van der Waals surface area contributed by atoms with E-state index in [1.165, 1.54) is 0 Å². The van der Waals surface area contributed by atoms with Crippen molar-refractivity contribution in [1.82, 2.24) is 0 Å². The van der Waals surface area contributed by atoms with Gasteiger partial charge in [0, 0.05) is 5.97 Å². The Bertz CT molecular complexity index is 848. The molecular formula is C25H28NO4P. The number of nitrogens with zero attached hydrogens (tertiary/aromatic N) is 1. The maximum Gasteiger partial charge on any atom is 0.321 e. The molecule has 0 bridgehead atoms. The van der Waals surface area contributed by atoms with Gasteiger partial charge < -0.3 is 9.90 Å². The highest BCUT2D eigenvalue weighted by atomic mass is 31.2. The molecule has 31 heavy (non-hydrogen) atoms. The molecule has 0 spiro atoms. The number of carboxylic acids is 1. The second-order valence-electron chi connectivity index (χ2n) is 7.13. The normalized spacial score (nSPS) is 11.7. The van der Waals surface area contributed by atoms with Gasteiger partial charge in [0.15, 0.2) is 7.26 Å². The van der Waals surface area contributed by atoms with E-state index in [4.69, 9.17) is 9.90 Å². The third-order valence-electron chi connectivity index (χ3n) is 5.00. The maximum atomic E-state index is 12.4. The highest BCUT2D eigenvalue weighted by Gasteiger charge is 2.58. The largest absolute Gasteiger partial charge is 0.550 e. The van der Waals surface area contributed by atoms with Crippen LogP contribution >= 0.6 is 7.26 Å². The number of unbranched alkanes of at least 4 members (excludes halogenated alkanes) is 1. The number of hydrogen-bond donors (Lipinski definition) is 0. The van der Waals surface area contributed by atoms with Gasteiger partial charge in [0.1, 0.15) is 15.9 Å². The fourth-order valence-corrected chi connectivity index (χ4v) is 8.49. The molecule has 0 aliphatic rings. The van der Waals surface area contributed by atoms with E-state index in [9.17, 15) is 10.1 Å². The van der Waals surface area contributed by atoms with Crippen LogP contribution in [0, 0.1) is 10.1 Å². The lowest BCUT2D eigenvalue weighted by atomic mass is 10.2. The Hall–Kier alpha value is -3.04. The summed E-state index contributed by atoms with van der Waals surface area (Å²) >= 11 is 0. The predicted octanol–water partition coefficient (Wildman–Crippen LogP) is 3.53. The van der Waals surface area contributed by atoms with E-state index in [1.807, 2.05) is 54.6 Å². The van der Waals surface area contributed by atoms with Crippen LogP contribution in [0.2, 0.25) is 0 Å². The van der Waals surface area contributed by atoms with E-state index in [0.717, 1.165) is 35.7 Å². The number of hydrogen-bond acceptors (Lipinski definition) is 4. The van der Waals surface area contributed by atoms with Crippen LogP contribution in [0.25, 0.3) is 0 Å². The second-order valence-corrected chi connectivity index (χ2v) is 10.7. The Kier molecular flexibility index (Phi) is 9.36. The average Bonchev–Trinajstić information content (AvgIpc) is 2.78. The molecule has 5 nitrogen and oxygen atoms in total. The third kappa shape index (κ3) is 5.99. The van der Waals surface area contributed by atoms with Gasteiger partial charge in [-0.2, -0.15) is 0 Å². The van der Waals surface area contributed by atoms with Crippen molar-refractivity contribution in [3.63, 3.8) is 0 Å². The number of carbonyl (C=O) groups is 1. The minimum absolute atomic E-state index is 0.0313. The van der Waals surface area contributed by atoms with Crippen molar-refractivity contribution in [3.05, 3.63) is 101 Å². The van der Waals surface area contributed by atoms with Gasteiger partial charge in [-0.15, -0.1) is 0 Å². The monoisotopic (exact) mass is 437 g/mol. The first-order valence-electron chi connectivity index (χ1n) is 10.3. The molecule has 1 atom stereocenters. The van der Waals surface area contributed by atoms with Crippen molar-refractivity contribution in [2.75, 3.05) is 0 Å². The highest BCUT2D eigenvalue weighted by Crippen LogP contribution is 2.61. The molecule has 0 amide bonds. The molecule has 0 aromatic heterocycles. The van der Waals surface area contributed by atoms with Crippen molar-refractivity contribution in [3.8, 4) is 0 Å². The van der Waals surface area contributed by atoms with Crippen LogP contribution in [0.1, 0.15) is 33.1 Å². The van der Waals surface area contributed by atoms with Crippen molar-refractivity contribution < 1.29 is 14.8 Å². The number of benzene rings is 3. The minimum Gasteiger partial charge on any atom is -0.550 e. The molecule has 0 fully saturated rings. The molecule has 3 aromatic rings. The Labute approximate surface area is 184 Å². The maximum absolute atomic E-state index is 12.4. The fourth-order valence-electron chi connectivity index (χ4n) is 3.78. The van der Waals surface area contributed by atoms with Crippen molar-refractivity contribution in [2.45, 2.75) is 38.9 Å². The summed E-state index contributed by atoms with van der Waals surface area (Å²) in [4.78, 5) is 21.3. The van der Waals surface area contributed by atoms with Crippen molar-refractivity contribution in [1.29, 1.82) is 0 Å².